The molecule has 0 atom stereocenters. The van der Waals surface area contributed by atoms with Crippen LogP contribution in [0, 0.1) is 0 Å². The van der Waals surface area contributed by atoms with Gasteiger partial charge in [-0.2, -0.15) is 11.8 Å². The molecule has 2 heterocycles. The van der Waals surface area contributed by atoms with Crippen molar-refractivity contribution in [3.8, 4) is 0 Å². The van der Waals surface area contributed by atoms with Crippen molar-refractivity contribution in [3.05, 3.63) is 35.5 Å². The Bertz CT molecular complexity index is 640. The molecule has 5 heteroatoms. The van der Waals surface area contributed by atoms with E-state index < -0.39 is 0 Å². The average molecular weight is 318 g/mol. The summed E-state index contributed by atoms with van der Waals surface area (Å²) in [7, 11) is 3.50. The number of aromatic nitrogens is 1. The van der Waals surface area contributed by atoms with Gasteiger partial charge < -0.3 is 14.4 Å². The van der Waals surface area contributed by atoms with Crippen LogP contribution in [0.4, 0.5) is 5.69 Å². The number of para-hydroxylation sites is 1. The third-order valence-electron chi connectivity index (χ3n) is 3.98. The zero-order valence-corrected chi connectivity index (χ0v) is 14.0. The molecule has 0 saturated heterocycles. The van der Waals surface area contributed by atoms with E-state index in [1.165, 1.54) is 22.3 Å². The zero-order valence-electron chi connectivity index (χ0n) is 13.2. The number of hydrogen-bond donors (Lipinski definition) is 0. The monoisotopic (exact) mass is 318 g/mol. The van der Waals surface area contributed by atoms with E-state index in [1.54, 1.807) is 14.2 Å². The second-order valence-electron chi connectivity index (χ2n) is 5.37. The minimum Gasteiger partial charge on any atom is -0.383 e. The number of methoxy groups -OCH3 is 2. The van der Waals surface area contributed by atoms with E-state index in [2.05, 4.69) is 29.2 Å². The molecule has 0 N–H and O–H groups in total. The molecule has 0 amide bonds. The van der Waals surface area contributed by atoms with Gasteiger partial charge in [-0.1, -0.05) is 18.2 Å². The molecule has 4 nitrogen and oxygen atoms in total. The molecular formula is C17H22N2O2S. The lowest BCUT2D eigenvalue weighted by Gasteiger charge is -2.28. The molecule has 1 aromatic heterocycles. The van der Waals surface area contributed by atoms with Crippen molar-refractivity contribution in [2.45, 2.75) is 11.5 Å². The van der Waals surface area contributed by atoms with Crippen molar-refractivity contribution in [2.75, 3.05) is 45.4 Å². The summed E-state index contributed by atoms with van der Waals surface area (Å²) in [5.74, 6) is 2.05. The fraction of sp³-hybridized carbons (Fsp3) is 0.471. The van der Waals surface area contributed by atoms with Crippen LogP contribution in [0.25, 0.3) is 10.9 Å². The Kier molecular flexibility index (Phi) is 5.18. The molecule has 0 unspecified atom stereocenters. The first kappa shape index (κ1) is 15.6. The summed E-state index contributed by atoms with van der Waals surface area (Å²) in [6.07, 6.45) is 0. The zero-order chi connectivity index (χ0) is 15.4. The molecule has 1 aliphatic heterocycles. The fourth-order valence-electron chi connectivity index (χ4n) is 2.90. The van der Waals surface area contributed by atoms with Crippen LogP contribution in [-0.2, 0) is 21.0 Å². The highest BCUT2D eigenvalue weighted by molar-refractivity contribution is 7.98. The highest BCUT2D eigenvalue weighted by atomic mass is 32.2. The van der Waals surface area contributed by atoms with Gasteiger partial charge in [-0.15, -0.1) is 0 Å². The lowest BCUT2D eigenvalue weighted by molar-refractivity contribution is 0.190. The number of fused-ring (bicyclic) bond motifs is 2. The second-order valence-corrected chi connectivity index (χ2v) is 6.35. The van der Waals surface area contributed by atoms with Crippen molar-refractivity contribution in [1.29, 1.82) is 0 Å². The van der Waals surface area contributed by atoms with E-state index in [0.29, 0.717) is 13.2 Å². The molecule has 22 heavy (non-hydrogen) atoms. The standard InChI is InChI=1S/C17H22N2O2S/c1-20-9-7-19(8-10-21-2)17-13-5-3-4-6-15(13)18-16-12-22-11-14(16)17/h3-6H,7-12H2,1-2H3. The smallest absolute Gasteiger partial charge is 0.0726 e. The van der Waals surface area contributed by atoms with Gasteiger partial charge in [0.15, 0.2) is 0 Å². The maximum atomic E-state index is 5.30. The molecule has 0 fully saturated rings. The maximum absolute atomic E-state index is 5.30. The molecular weight excluding hydrogens is 296 g/mol. The minimum absolute atomic E-state index is 0.711. The normalized spacial score (nSPS) is 13.5. The number of rotatable bonds is 7. The summed E-state index contributed by atoms with van der Waals surface area (Å²) in [6, 6.07) is 8.43. The SMILES string of the molecule is COCCN(CCOC)c1c2c(nc3ccccc13)CSC2. The van der Waals surface area contributed by atoms with E-state index in [0.717, 1.165) is 30.1 Å². The second kappa shape index (κ2) is 7.31. The first-order chi connectivity index (χ1) is 10.8. The highest BCUT2D eigenvalue weighted by Crippen LogP contribution is 2.39. The molecule has 3 rings (SSSR count). The number of nitrogens with zero attached hydrogens (tertiary/aromatic N) is 2. The van der Waals surface area contributed by atoms with E-state index in [9.17, 15) is 0 Å². The Morgan fingerprint density at radius 1 is 1.09 bits per heavy atom. The van der Waals surface area contributed by atoms with Crippen LogP contribution in [0.1, 0.15) is 11.3 Å². The Hall–Kier alpha value is -1.30. The quantitative estimate of drug-likeness (QED) is 0.784. The first-order valence-corrected chi connectivity index (χ1v) is 8.71. The van der Waals surface area contributed by atoms with Gasteiger partial charge in [0, 0.05) is 49.8 Å². The van der Waals surface area contributed by atoms with Crippen LogP contribution in [0.2, 0.25) is 0 Å². The predicted octanol–water partition coefficient (Wildman–Crippen LogP) is 3.08. The summed E-state index contributed by atoms with van der Waals surface area (Å²) >= 11 is 1.94. The maximum Gasteiger partial charge on any atom is 0.0726 e. The summed E-state index contributed by atoms with van der Waals surface area (Å²) in [6.45, 7) is 3.15. The van der Waals surface area contributed by atoms with Gasteiger partial charge in [0.25, 0.3) is 0 Å². The Balaban J connectivity index is 2.08. The van der Waals surface area contributed by atoms with Crippen molar-refractivity contribution in [2.24, 2.45) is 0 Å². The Morgan fingerprint density at radius 2 is 1.82 bits per heavy atom. The molecule has 1 aliphatic rings. The molecule has 0 aliphatic carbocycles. The summed E-state index contributed by atoms with van der Waals surface area (Å²) < 4.78 is 10.6. The van der Waals surface area contributed by atoms with Gasteiger partial charge in [0.2, 0.25) is 0 Å². The van der Waals surface area contributed by atoms with Crippen molar-refractivity contribution >= 4 is 28.4 Å². The lowest BCUT2D eigenvalue weighted by atomic mass is 10.1. The van der Waals surface area contributed by atoms with E-state index in [4.69, 9.17) is 14.5 Å². The average Bonchev–Trinajstić information content (AvgIpc) is 3.01. The third kappa shape index (κ3) is 3.07. The van der Waals surface area contributed by atoms with Crippen molar-refractivity contribution in [3.63, 3.8) is 0 Å². The third-order valence-corrected chi connectivity index (χ3v) is 4.95. The summed E-state index contributed by atoms with van der Waals surface area (Å²) in [5.41, 5.74) is 5.02. The lowest BCUT2D eigenvalue weighted by Crippen LogP contribution is -2.31. The highest BCUT2D eigenvalue weighted by Gasteiger charge is 2.23. The Morgan fingerprint density at radius 3 is 2.55 bits per heavy atom. The number of anilines is 1. The number of benzene rings is 1. The van der Waals surface area contributed by atoms with Gasteiger partial charge in [-0.25, -0.2) is 0 Å². The van der Waals surface area contributed by atoms with Gasteiger partial charge in [0.05, 0.1) is 30.1 Å². The van der Waals surface area contributed by atoms with E-state index in [1.807, 2.05) is 11.8 Å². The Labute approximate surface area is 135 Å². The molecule has 118 valence electrons. The largest absolute Gasteiger partial charge is 0.383 e. The van der Waals surface area contributed by atoms with Crippen LogP contribution in [0.5, 0.6) is 0 Å². The molecule has 0 bridgehead atoms. The van der Waals surface area contributed by atoms with Gasteiger partial charge in [-0.05, 0) is 6.07 Å². The van der Waals surface area contributed by atoms with Crippen LogP contribution in [0.15, 0.2) is 24.3 Å². The molecule has 1 aromatic carbocycles. The van der Waals surface area contributed by atoms with E-state index >= 15 is 0 Å². The molecule has 0 saturated carbocycles. The van der Waals surface area contributed by atoms with Crippen LogP contribution in [0.3, 0.4) is 0 Å². The van der Waals surface area contributed by atoms with Crippen LogP contribution in [-0.4, -0.2) is 45.5 Å². The number of pyridine rings is 1. The number of thioether (sulfide) groups is 1. The van der Waals surface area contributed by atoms with E-state index in [-0.39, 0.29) is 0 Å². The summed E-state index contributed by atoms with van der Waals surface area (Å²) in [5, 5.41) is 1.23. The van der Waals surface area contributed by atoms with Crippen molar-refractivity contribution in [1.82, 2.24) is 4.98 Å². The van der Waals surface area contributed by atoms with Gasteiger partial charge in [0.1, 0.15) is 0 Å². The van der Waals surface area contributed by atoms with Crippen LogP contribution >= 0.6 is 11.8 Å². The van der Waals surface area contributed by atoms with Crippen LogP contribution < -0.4 is 4.90 Å². The van der Waals surface area contributed by atoms with Gasteiger partial charge in [-0.3, -0.25) is 4.98 Å². The molecule has 0 spiro atoms. The first-order valence-electron chi connectivity index (χ1n) is 7.56. The predicted molar refractivity (Wildman–Crippen MR) is 92.7 cm³/mol. The fourth-order valence-corrected chi connectivity index (χ4v) is 3.95. The van der Waals surface area contributed by atoms with Crippen molar-refractivity contribution < 1.29 is 9.47 Å². The minimum atomic E-state index is 0.711. The molecule has 0 radical (unpaired) electrons. The summed E-state index contributed by atoms with van der Waals surface area (Å²) in [4.78, 5) is 7.24. The van der Waals surface area contributed by atoms with Gasteiger partial charge >= 0.3 is 0 Å². The number of ether oxygens (including phenoxy) is 2. The molecule has 2 aromatic rings. The topological polar surface area (TPSA) is 34.6 Å². The number of hydrogen-bond acceptors (Lipinski definition) is 5.